The summed E-state index contributed by atoms with van der Waals surface area (Å²) in [5.74, 6) is -0.255. The highest BCUT2D eigenvalue weighted by Crippen LogP contribution is 2.25. The van der Waals surface area contributed by atoms with Crippen molar-refractivity contribution in [2.45, 2.75) is 18.9 Å². The second kappa shape index (κ2) is 6.20. The Morgan fingerprint density at radius 3 is 2.87 bits per heavy atom. The third-order valence-corrected chi connectivity index (χ3v) is 2.91. The molecule has 4 heteroatoms. The lowest BCUT2D eigenvalue weighted by atomic mass is 10.0. The average Bonchev–Trinajstić information content (AvgIpc) is 2.17. The van der Waals surface area contributed by atoms with E-state index in [4.69, 9.17) is 10.5 Å². The number of benzene rings is 1. The van der Waals surface area contributed by atoms with E-state index in [1.807, 2.05) is 0 Å². The predicted molar refractivity (Wildman–Crippen MR) is 62.1 cm³/mol. The zero-order valence-corrected chi connectivity index (χ0v) is 10.3. The van der Waals surface area contributed by atoms with E-state index < -0.39 is 0 Å². The van der Waals surface area contributed by atoms with Gasteiger partial charge in [-0.25, -0.2) is 4.39 Å². The molecule has 0 spiro atoms. The van der Waals surface area contributed by atoms with Gasteiger partial charge in [-0.15, -0.1) is 0 Å². The first kappa shape index (κ1) is 12.6. The summed E-state index contributed by atoms with van der Waals surface area (Å²) in [7, 11) is 1.67. The van der Waals surface area contributed by atoms with Gasteiger partial charge < -0.3 is 10.5 Å². The fourth-order valence-electron chi connectivity index (χ4n) is 1.41. The minimum atomic E-state index is -0.255. The SMILES string of the molecule is COCCCC(N)c1ccc(F)cc1Br. The van der Waals surface area contributed by atoms with Gasteiger partial charge in [0.25, 0.3) is 0 Å². The highest BCUT2D eigenvalue weighted by Gasteiger charge is 2.09. The molecule has 0 aromatic heterocycles. The summed E-state index contributed by atoms with van der Waals surface area (Å²) < 4.78 is 18.5. The Balaban J connectivity index is 2.61. The summed E-state index contributed by atoms with van der Waals surface area (Å²) in [4.78, 5) is 0. The van der Waals surface area contributed by atoms with Gasteiger partial charge in [0.1, 0.15) is 5.82 Å². The number of ether oxygens (including phenoxy) is 1. The van der Waals surface area contributed by atoms with Crippen molar-refractivity contribution in [1.29, 1.82) is 0 Å². The molecule has 0 amide bonds. The maximum absolute atomic E-state index is 12.8. The van der Waals surface area contributed by atoms with Crippen molar-refractivity contribution in [2.75, 3.05) is 13.7 Å². The van der Waals surface area contributed by atoms with Crippen LogP contribution < -0.4 is 5.73 Å². The fourth-order valence-corrected chi connectivity index (χ4v) is 2.05. The molecule has 15 heavy (non-hydrogen) atoms. The zero-order valence-electron chi connectivity index (χ0n) is 8.67. The number of rotatable bonds is 5. The summed E-state index contributed by atoms with van der Waals surface area (Å²) in [6, 6.07) is 4.51. The van der Waals surface area contributed by atoms with Crippen molar-refractivity contribution in [3.63, 3.8) is 0 Å². The van der Waals surface area contributed by atoms with Crippen LogP contribution in [0.4, 0.5) is 4.39 Å². The van der Waals surface area contributed by atoms with E-state index in [0.29, 0.717) is 6.61 Å². The molecule has 0 saturated carbocycles. The topological polar surface area (TPSA) is 35.2 Å². The summed E-state index contributed by atoms with van der Waals surface area (Å²) >= 11 is 3.31. The van der Waals surface area contributed by atoms with Crippen molar-refractivity contribution in [3.05, 3.63) is 34.1 Å². The van der Waals surface area contributed by atoms with Crippen LogP contribution in [0.2, 0.25) is 0 Å². The van der Waals surface area contributed by atoms with Crippen LogP contribution in [0.1, 0.15) is 24.4 Å². The van der Waals surface area contributed by atoms with Gasteiger partial charge >= 0.3 is 0 Å². The quantitative estimate of drug-likeness (QED) is 0.839. The highest BCUT2D eigenvalue weighted by molar-refractivity contribution is 9.10. The van der Waals surface area contributed by atoms with Crippen molar-refractivity contribution in [1.82, 2.24) is 0 Å². The Bertz CT molecular complexity index is 319. The Hall–Kier alpha value is -0.450. The summed E-state index contributed by atoms with van der Waals surface area (Å²) in [5, 5.41) is 0. The predicted octanol–water partition coefficient (Wildman–Crippen LogP) is 3.01. The molecule has 0 aliphatic carbocycles. The summed E-state index contributed by atoms with van der Waals surface area (Å²) in [6.07, 6.45) is 1.74. The first-order chi connectivity index (χ1) is 7.15. The molecule has 0 heterocycles. The molecule has 1 aromatic rings. The van der Waals surface area contributed by atoms with E-state index in [9.17, 15) is 4.39 Å². The second-order valence-electron chi connectivity index (χ2n) is 3.41. The van der Waals surface area contributed by atoms with Gasteiger partial charge in [-0.1, -0.05) is 22.0 Å². The highest BCUT2D eigenvalue weighted by atomic mass is 79.9. The largest absolute Gasteiger partial charge is 0.385 e. The summed E-state index contributed by atoms with van der Waals surface area (Å²) in [5.41, 5.74) is 6.92. The Kier molecular flexibility index (Phi) is 5.22. The molecule has 84 valence electrons. The minimum absolute atomic E-state index is 0.0740. The normalized spacial score (nSPS) is 12.8. The van der Waals surface area contributed by atoms with Gasteiger partial charge in [0, 0.05) is 24.2 Å². The third-order valence-electron chi connectivity index (χ3n) is 2.23. The summed E-state index contributed by atoms with van der Waals surface area (Å²) in [6.45, 7) is 0.701. The Labute approximate surface area is 97.7 Å². The van der Waals surface area contributed by atoms with Crippen LogP contribution in [0.3, 0.4) is 0 Å². The molecule has 0 radical (unpaired) electrons. The number of halogens is 2. The van der Waals surface area contributed by atoms with E-state index in [2.05, 4.69) is 15.9 Å². The molecule has 1 unspecified atom stereocenters. The molecular formula is C11H15BrFNO. The van der Waals surface area contributed by atoms with Crippen molar-refractivity contribution < 1.29 is 9.13 Å². The molecule has 2 nitrogen and oxygen atoms in total. The lowest BCUT2D eigenvalue weighted by Gasteiger charge is -2.13. The first-order valence-corrected chi connectivity index (χ1v) is 5.64. The molecule has 0 fully saturated rings. The van der Waals surface area contributed by atoms with Crippen LogP contribution in [-0.4, -0.2) is 13.7 Å². The van der Waals surface area contributed by atoms with Crippen LogP contribution >= 0.6 is 15.9 Å². The smallest absolute Gasteiger partial charge is 0.124 e. The van der Waals surface area contributed by atoms with Gasteiger partial charge in [-0.3, -0.25) is 0 Å². The van der Waals surface area contributed by atoms with Crippen LogP contribution in [0.25, 0.3) is 0 Å². The molecular weight excluding hydrogens is 261 g/mol. The van der Waals surface area contributed by atoms with Crippen molar-refractivity contribution in [2.24, 2.45) is 5.73 Å². The molecule has 1 atom stereocenters. The molecule has 0 saturated heterocycles. The van der Waals surface area contributed by atoms with E-state index in [1.54, 1.807) is 13.2 Å². The van der Waals surface area contributed by atoms with Gasteiger partial charge in [0.05, 0.1) is 0 Å². The maximum Gasteiger partial charge on any atom is 0.124 e. The third kappa shape index (κ3) is 3.89. The number of hydrogen-bond acceptors (Lipinski definition) is 2. The second-order valence-corrected chi connectivity index (χ2v) is 4.26. The average molecular weight is 276 g/mol. The van der Waals surface area contributed by atoms with Crippen LogP contribution in [0.5, 0.6) is 0 Å². The monoisotopic (exact) mass is 275 g/mol. The number of methoxy groups -OCH3 is 1. The van der Waals surface area contributed by atoms with Gasteiger partial charge in [0.2, 0.25) is 0 Å². The molecule has 0 bridgehead atoms. The van der Waals surface area contributed by atoms with Gasteiger partial charge in [0.15, 0.2) is 0 Å². The lowest BCUT2D eigenvalue weighted by molar-refractivity contribution is 0.190. The van der Waals surface area contributed by atoms with Crippen molar-refractivity contribution in [3.8, 4) is 0 Å². The van der Waals surface area contributed by atoms with Gasteiger partial charge in [-0.05, 0) is 30.5 Å². The minimum Gasteiger partial charge on any atom is -0.385 e. The molecule has 0 aliphatic heterocycles. The van der Waals surface area contributed by atoms with E-state index in [-0.39, 0.29) is 11.9 Å². The molecule has 0 aliphatic rings. The maximum atomic E-state index is 12.8. The van der Waals surface area contributed by atoms with Gasteiger partial charge in [-0.2, -0.15) is 0 Å². The Morgan fingerprint density at radius 2 is 2.27 bits per heavy atom. The molecule has 1 aromatic carbocycles. The van der Waals surface area contributed by atoms with Crippen LogP contribution in [0.15, 0.2) is 22.7 Å². The first-order valence-electron chi connectivity index (χ1n) is 4.84. The molecule has 2 N–H and O–H groups in total. The van der Waals surface area contributed by atoms with Crippen LogP contribution in [0, 0.1) is 5.82 Å². The number of hydrogen-bond donors (Lipinski definition) is 1. The zero-order chi connectivity index (χ0) is 11.3. The van der Waals surface area contributed by atoms with E-state index in [0.717, 1.165) is 22.9 Å². The standard InChI is InChI=1S/C11H15BrFNO/c1-15-6-2-3-11(14)9-5-4-8(13)7-10(9)12/h4-5,7,11H,2-3,6,14H2,1H3. The fraction of sp³-hybridized carbons (Fsp3) is 0.455. The van der Waals surface area contributed by atoms with E-state index in [1.165, 1.54) is 12.1 Å². The van der Waals surface area contributed by atoms with E-state index >= 15 is 0 Å². The van der Waals surface area contributed by atoms with Crippen LogP contribution in [-0.2, 0) is 4.74 Å². The number of nitrogens with two attached hydrogens (primary N) is 1. The lowest BCUT2D eigenvalue weighted by Crippen LogP contribution is -2.11. The molecule has 1 rings (SSSR count). The van der Waals surface area contributed by atoms with Crippen molar-refractivity contribution >= 4 is 15.9 Å². The Morgan fingerprint density at radius 1 is 1.53 bits per heavy atom.